The lowest BCUT2D eigenvalue weighted by Gasteiger charge is -2.16. The number of carbonyl (C=O) groups excluding carboxylic acids is 1. The van der Waals surface area contributed by atoms with Gasteiger partial charge in [-0.05, 0) is 38.2 Å². The van der Waals surface area contributed by atoms with Crippen LogP contribution >= 0.6 is 12.2 Å². The summed E-state index contributed by atoms with van der Waals surface area (Å²) in [6.45, 7) is 3.88. The Morgan fingerprint density at radius 3 is 2.00 bits per heavy atom. The summed E-state index contributed by atoms with van der Waals surface area (Å²) >= 11 is 5.03. The van der Waals surface area contributed by atoms with Gasteiger partial charge >= 0.3 is 0 Å². The summed E-state index contributed by atoms with van der Waals surface area (Å²) in [6, 6.07) is 3.27. The minimum atomic E-state index is -0.382. The Balaban J connectivity index is 2.87. The van der Waals surface area contributed by atoms with E-state index < -0.39 is 0 Å². The van der Waals surface area contributed by atoms with Gasteiger partial charge in [-0.3, -0.25) is 15.6 Å². The molecule has 0 aliphatic carbocycles. The number of ether oxygens (including phenoxy) is 3. The van der Waals surface area contributed by atoms with Crippen LogP contribution in [0.3, 0.4) is 0 Å². The van der Waals surface area contributed by atoms with Crippen LogP contribution in [0.4, 0.5) is 0 Å². The smallest absolute Gasteiger partial charge is 0.269 e. The molecular weight excluding hydrogens is 306 g/mol. The molecule has 0 aliphatic heterocycles. The molecule has 0 aliphatic rings. The predicted molar refractivity (Wildman–Crippen MR) is 87.6 cm³/mol. The molecule has 122 valence electrons. The SMILES string of the molecule is COc1cc(C(=O)NNC(=S)NC(C)C)cc(OC)c1OC. The number of thiocarbonyl (C=S) groups is 1. The van der Waals surface area contributed by atoms with E-state index in [1.54, 1.807) is 12.1 Å². The molecule has 0 atom stereocenters. The molecule has 0 saturated carbocycles. The lowest BCUT2D eigenvalue weighted by atomic mass is 10.1. The number of rotatable bonds is 5. The Labute approximate surface area is 135 Å². The van der Waals surface area contributed by atoms with E-state index >= 15 is 0 Å². The van der Waals surface area contributed by atoms with Gasteiger partial charge in [0.1, 0.15) is 0 Å². The van der Waals surface area contributed by atoms with Crippen molar-refractivity contribution in [2.24, 2.45) is 0 Å². The third-order valence-electron chi connectivity index (χ3n) is 2.64. The molecule has 1 amide bonds. The molecular formula is C14H21N3O4S. The molecule has 1 aromatic carbocycles. The van der Waals surface area contributed by atoms with Crippen LogP contribution < -0.4 is 30.4 Å². The Hall–Kier alpha value is -2.22. The van der Waals surface area contributed by atoms with E-state index in [4.69, 9.17) is 26.4 Å². The van der Waals surface area contributed by atoms with Crippen molar-refractivity contribution in [3.63, 3.8) is 0 Å². The largest absolute Gasteiger partial charge is 0.493 e. The third kappa shape index (κ3) is 4.66. The highest BCUT2D eigenvalue weighted by Gasteiger charge is 2.17. The van der Waals surface area contributed by atoms with Gasteiger partial charge in [0.25, 0.3) is 5.91 Å². The topological polar surface area (TPSA) is 80.9 Å². The highest BCUT2D eigenvalue weighted by molar-refractivity contribution is 7.80. The molecule has 0 spiro atoms. The van der Waals surface area contributed by atoms with E-state index in [-0.39, 0.29) is 11.9 Å². The van der Waals surface area contributed by atoms with Gasteiger partial charge in [0.2, 0.25) is 5.75 Å². The van der Waals surface area contributed by atoms with Crippen molar-refractivity contribution in [2.45, 2.75) is 19.9 Å². The molecule has 0 fully saturated rings. The summed E-state index contributed by atoms with van der Waals surface area (Å²) in [6.07, 6.45) is 0. The predicted octanol–water partition coefficient (Wildman–Crippen LogP) is 1.23. The van der Waals surface area contributed by atoms with E-state index in [0.717, 1.165) is 0 Å². The number of methoxy groups -OCH3 is 3. The average molecular weight is 327 g/mol. The average Bonchev–Trinajstić information content (AvgIpc) is 2.50. The Morgan fingerprint density at radius 1 is 1.05 bits per heavy atom. The van der Waals surface area contributed by atoms with Gasteiger partial charge in [0.15, 0.2) is 16.6 Å². The molecule has 8 heteroatoms. The zero-order chi connectivity index (χ0) is 16.7. The third-order valence-corrected chi connectivity index (χ3v) is 2.86. The molecule has 0 radical (unpaired) electrons. The van der Waals surface area contributed by atoms with E-state index in [1.165, 1.54) is 21.3 Å². The van der Waals surface area contributed by atoms with Crippen LogP contribution in [0.25, 0.3) is 0 Å². The van der Waals surface area contributed by atoms with Gasteiger partial charge in [-0.1, -0.05) is 0 Å². The summed E-state index contributed by atoms with van der Waals surface area (Å²) in [5, 5.41) is 3.28. The molecule has 3 N–H and O–H groups in total. The number of benzene rings is 1. The molecule has 1 rings (SSSR count). The highest BCUT2D eigenvalue weighted by atomic mass is 32.1. The lowest BCUT2D eigenvalue weighted by molar-refractivity contribution is 0.0942. The number of hydrazine groups is 1. The summed E-state index contributed by atoms with van der Waals surface area (Å²) in [5.74, 6) is 0.837. The van der Waals surface area contributed by atoms with Crippen molar-refractivity contribution in [3.8, 4) is 17.2 Å². The molecule has 0 unspecified atom stereocenters. The van der Waals surface area contributed by atoms with Crippen molar-refractivity contribution in [3.05, 3.63) is 17.7 Å². The fourth-order valence-corrected chi connectivity index (χ4v) is 1.98. The monoisotopic (exact) mass is 327 g/mol. The Bertz CT molecular complexity index is 524. The molecule has 7 nitrogen and oxygen atoms in total. The number of hydrogen-bond acceptors (Lipinski definition) is 5. The minimum Gasteiger partial charge on any atom is -0.493 e. The zero-order valence-electron chi connectivity index (χ0n) is 13.3. The number of carbonyl (C=O) groups is 1. The van der Waals surface area contributed by atoms with Gasteiger partial charge in [0.05, 0.1) is 21.3 Å². The van der Waals surface area contributed by atoms with Gasteiger partial charge in [-0.2, -0.15) is 0 Å². The van der Waals surface area contributed by atoms with Crippen molar-refractivity contribution >= 4 is 23.2 Å². The molecule has 0 heterocycles. The maximum absolute atomic E-state index is 12.2. The van der Waals surface area contributed by atoms with Crippen LogP contribution in [0, 0.1) is 0 Å². The lowest BCUT2D eigenvalue weighted by Crippen LogP contribution is -2.48. The van der Waals surface area contributed by atoms with Crippen LogP contribution in [0.2, 0.25) is 0 Å². The second kappa shape index (κ2) is 8.28. The summed E-state index contributed by atoms with van der Waals surface area (Å²) < 4.78 is 15.6. The summed E-state index contributed by atoms with van der Waals surface area (Å²) in [5.41, 5.74) is 5.47. The summed E-state index contributed by atoms with van der Waals surface area (Å²) in [7, 11) is 4.47. The number of hydrogen-bond donors (Lipinski definition) is 3. The molecule has 22 heavy (non-hydrogen) atoms. The van der Waals surface area contributed by atoms with Gasteiger partial charge in [-0.15, -0.1) is 0 Å². The first kappa shape index (κ1) is 17.8. The molecule has 0 saturated heterocycles. The summed E-state index contributed by atoms with van der Waals surface area (Å²) in [4.78, 5) is 12.2. The van der Waals surface area contributed by atoms with Crippen molar-refractivity contribution in [2.75, 3.05) is 21.3 Å². The quantitative estimate of drug-likeness (QED) is 0.554. The maximum Gasteiger partial charge on any atom is 0.269 e. The van der Waals surface area contributed by atoms with Crippen molar-refractivity contribution in [1.29, 1.82) is 0 Å². The van der Waals surface area contributed by atoms with E-state index in [1.807, 2.05) is 13.8 Å². The van der Waals surface area contributed by atoms with Crippen molar-refractivity contribution in [1.82, 2.24) is 16.2 Å². The van der Waals surface area contributed by atoms with Crippen LogP contribution in [-0.2, 0) is 0 Å². The highest BCUT2D eigenvalue weighted by Crippen LogP contribution is 2.38. The molecule has 0 aromatic heterocycles. The standard InChI is InChI=1S/C14H21N3O4S/c1-8(2)15-14(22)17-16-13(18)9-6-10(19-3)12(21-5)11(7-9)20-4/h6-8H,1-5H3,(H,16,18)(H2,15,17,22). The Morgan fingerprint density at radius 2 is 1.59 bits per heavy atom. The second-order valence-electron chi connectivity index (χ2n) is 4.62. The minimum absolute atomic E-state index is 0.165. The fraction of sp³-hybridized carbons (Fsp3) is 0.429. The number of amides is 1. The van der Waals surface area contributed by atoms with Crippen molar-refractivity contribution < 1.29 is 19.0 Å². The van der Waals surface area contributed by atoms with Gasteiger partial charge < -0.3 is 19.5 Å². The molecule has 0 bridgehead atoms. The van der Waals surface area contributed by atoms with E-state index in [0.29, 0.717) is 27.9 Å². The maximum atomic E-state index is 12.2. The van der Waals surface area contributed by atoms with E-state index in [2.05, 4.69) is 16.2 Å². The first-order valence-electron chi connectivity index (χ1n) is 6.59. The Kier molecular flexibility index (Phi) is 6.71. The normalized spacial score (nSPS) is 9.91. The molecule has 1 aromatic rings. The first-order valence-corrected chi connectivity index (χ1v) is 7.00. The van der Waals surface area contributed by atoms with Gasteiger partial charge in [-0.25, -0.2) is 0 Å². The first-order chi connectivity index (χ1) is 10.4. The second-order valence-corrected chi connectivity index (χ2v) is 5.03. The van der Waals surface area contributed by atoms with Crippen LogP contribution in [-0.4, -0.2) is 38.4 Å². The zero-order valence-corrected chi connectivity index (χ0v) is 14.1. The van der Waals surface area contributed by atoms with Crippen LogP contribution in [0.1, 0.15) is 24.2 Å². The van der Waals surface area contributed by atoms with E-state index in [9.17, 15) is 4.79 Å². The van der Waals surface area contributed by atoms with Crippen LogP contribution in [0.15, 0.2) is 12.1 Å². The fourth-order valence-electron chi connectivity index (χ4n) is 1.70. The van der Waals surface area contributed by atoms with Crippen LogP contribution in [0.5, 0.6) is 17.2 Å². The number of nitrogens with one attached hydrogen (secondary N) is 3. The van der Waals surface area contributed by atoms with Gasteiger partial charge in [0, 0.05) is 11.6 Å².